The summed E-state index contributed by atoms with van der Waals surface area (Å²) in [5.41, 5.74) is 1.12. The highest BCUT2D eigenvalue weighted by Gasteiger charge is 2.22. The molecule has 0 aromatic heterocycles. The fraction of sp³-hybridized carbons (Fsp3) is 0.409. The maximum absolute atomic E-state index is 11.0. The number of hydrogen-bond acceptors (Lipinski definition) is 5. The first-order valence-corrected chi connectivity index (χ1v) is 9.47. The average molecular weight is 386 g/mol. The van der Waals surface area contributed by atoms with Gasteiger partial charge in [0.25, 0.3) is 0 Å². The number of anilines is 2. The molecule has 0 radical (unpaired) electrons. The number of nitrogens with one attached hydrogen (secondary N) is 2. The number of hydrogen-bond donors (Lipinski definition) is 3. The van der Waals surface area contributed by atoms with Crippen LogP contribution in [0.1, 0.15) is 34.1 Å². The van der Waals surface area contributed by atoms with Crippen molar-refractivity contribution in [1.82, 2.24) is 0 Å². The SMILES string of the molecule is CC(C)Nc1ccccc1OCCOc1ccccc1NC(C)(C)CC(=O)O. The molecule has 2 aromatic carbocycles. The average Bonchev–Trinajstić information content (AvgIpc) is 2.59. The van der Waals surface area contributed by atoms with E-state index in [1.807, 2.05) is 62.4 Å². The van der Waals surface area contributed by atoms with E-state index < -0.39 is 11.5 Å². The summed E-state index contributed by atoms with van der Waals surface area (Å²) in [4.78, 5) is 11.0. The van der Waals surface area contributed by atoms with Gasteiger partial charge in [0.15, 0.2) is 0 Å². The number of rotatable bonds is 11. The van der Waals surface area contributed by atoms with Crippen LogP contribution in [0.15, 0.2) is 48.5 Å². The Morgan fingerprint density at radius 3 is 2.00 bits per heavy atom. The van der Waals surface area contributed by atoms with Gasteiger partial charge in [-0.15, -0.1) is 0 Å². The molecule has 0 atom stereocenters. The van der Waals surface area contributed by atoms with Gasteiger partial charge in [-0.2, -0.15) is 0 Å². The van der Waals surface area contributed by atoms with Crippen molar-refractivity contribution >= 4 is 17.3 Å². The molecule has 0 spiro atoms. The van der Waals surface area contributed by atoms with Crippen molar-refractivity contribution in [1.29, 1.82) is 0 Å². The Bertz CT molecular complexity index is 775. The maximum Gasteiger partial charge on any atom is 0.305 e. The van der Waals surface area contributed by atoms with E-state index in [0.717, 1.165) is 17.1 Å². The molecule has 6 heteroatoms. The van der Waals surface area contributed by atoms with Crippen molar-refractivity contribution in [2.45, 2.75) is 45.7 Å². The molecule has 0 fully saturated rings. The van der Waals surface area contributed by atoms with E-state index in [0.29, 0.717) is 25.0 Å². The highest BCUT2D eigenvalue weighted by molar-refractivity contribution is 5.70. The van der Waals surface area contributed by atoms with Crippen molar-refractivity contribution in [2.24, 2.45) is 0 Å². The standard InChI is InChI=1S/C22H30N2O4/c1-16(2)23-17-9-5-7-11-19(17)27-13-14-28-20-12-8-6-10-18(20)24-22(3,4)15-21(25)26/h5-12,16,23-24H,13-15H2,1-4H3,(H,25,26). The lowest BCUT2D eigenvalue weighted by Gasteiger charge is -2.27. The Balaban J connectivity index is 1.93. The fourth-order valence-corrected chi connectivity index (χ4v) is 2.81. The zero-order valence-corrected chi connectivity index (χ0v) is 17.0. The molecule has 0 bridgehead atoms. The molecule has 0 saturated carbocycles. The topological polar surface area (TPSA) is 79.8 Å². The van der Waals surface area contributed by atoms with E-state index in [9.17, 15) is 4.79 Å². The molecule has 0 amide bonds. The first kappa shape index (κ1) is 21.4. The molecule has 0 saturated heterocycles. The Hall–Kier alpha value is -2.89. The summed E-state index contributed by atoms with van der Waals surface area (Å²) in [6.07, 6.45) is 0.00405. The minimum atomic E-state index is -0.849. The number of carboxylic acids is 1. The minimum absolute atomic E-state index is 0.00405. The normalized spacial score (nSPS) is 11.2. The Morgan fingerprint density at radius 2 is 1.46 bits per heavy atom. The molecule has 0 unspecified atom stereocenters. The Kier molecular flexibility index (Phi) is 7.55. The first-order chi connectivity index (χ1) is 13.3. The monoisotopic (exact) mass is 386 g/mol. The molecule has 0 heterocycles. The number of carboxylic acid groups (broad SMARTS) is 1. The molecule has 28 heavy (non-hydrogen) atoms. The van der Waals surface area contributed by atoms with Crippen LogP contribution >= 0.6 is 0 Å². The quantitative estimate of drug-likeness (QED) is 0.489. The zero-order valence-electron chi connectivity index (χ0n) is 17.0. The van der Waals surface area contributed by atoms with Gasteiger partial charge in [-0.05, 0) is 52.0 Å². The maximum atomic E-state index is 11.0. The number of aliphatic carboxylic acids is 1. The lowest BCUT2D eigenvalue weighted by atomic mass is 10.0. The van der Waals surface area contributed by atoms with Gasteiger partial charge < -0.3 is 25.2 Å². The summed E-state index contributed by atoms with van der Waals surface area (Å²) in [7, 11) is 0. The number of para-hydroxylation sites is 4. The van der Waals surface area contributed by atoms with Crippen LogP contribution in [0.4, 0.5) is 11.4 Å². The molecule has 2 rings (SSSR count). The molecule has 152 valence electrons. The van der Waals surface area contributed by atoms with E-state index in [-0.39, 0.29) is 6.42 Å². The van der Waals surface area contributed by atoms with Gasteiger partial charge in [0, 0.05) is 11.6 Å². The Morgan fingerprint density at radius 1 is 0.964 bits per heavy atom. The summed E-state index contributed by atoms with van der Waals surface area (Å²) < 4.78 is 11.7. The summed E-state index contributed by atoms with van der Waals surface area (Å²) in [5.74, 6) is 0.602. The van der Waals surface area contributed by atoms with Crippen LogP contribution in [0.25, 0.3) is 0 Å². The molecule has 0 aliphatic rings. The second-order valence-electron chi connectivity index (χ2n) is 7.57. The molecule has 0 aliphatic heterocycles. The second kappa shape index (κ2) is 9.88. The summed E-state index contributed by atoms with van der Waals surface area (Å²) in [6, 6.07) is 15.6. The van der Waals surface area contributed by atoms with Crippen molar-refractivity contribution in [2.75, 3.05) is 23.8 Å². The van der Waals surface area contributed by atoms with E-state index in [1.54, 1.807) is 0 Å². The van der Waals surface area contributed by atoms with Gasteiger partial charge in [-0.1, -0.05) is 24.3 Å². The molecular weight excluding hydrogens is 356 g/mol. The van der Waals surface area contributed by atoms with Crippen LogP contribution in [0.5, 0.6) is 11.5 Å². The number of ether oxygens (including phenoxy) is 2. The van der Waals surface area contributed by atoms with Crippen LogP contribution in [-0.4, -0.2) is 35.9 Å². The van der Waals surface area contributed by atoms with E-state index in [2.05, 4.69) is 24.5 Å². The van der Waals surface area contributed by atoms with E-state index in [1.165, 1.54) is 0 Å². The van der Waals surface area contributed by atoms with Crippen LogP contribution in [-0.2, 0) is 4.79 Å². The summed E-state index contributed by atoms with van der Waals surface area (Å²) in [5, 5.41) is 15.7. The largest absolute Gasteiger partial charge is 0.488 e. The smallest absolute Gasteiger partial charge is 0.305 e. The fourth-order valence-electron chi connectivity index (χ4n) is 2.81. The lowest BCUT2D eigenvalue weighted by molar-refractivity contribution is -0.137. The molecule has 2 aromatic rings. The van der Waals surface area contributed by atoms with Crippen LogP contribution in [0.3, 0.4) is 0 Å². The van der Waals surface area contributed by atoms with Gasteiger partial charge in [-0.25, -0.2) is 0 Å². The predicted octanol–water partition coefficient (Wildman–Crippen LogP) is 4.63. The highest BCUT2D eigenvalue weighted by Crippen LogP contribution is 2.28. The van der Waals surface area contributed by atoms with Crippen molar-refractivity contribution < 1.29 is 19.4 Å². The first-order valence-electron chi connectivity index (χ1n) is 9.47. The lowest BCUT2D eigenvalue weighted by Crippen LogP contribution is -2.33. The summed E-state index contributed by atoms with van der Waals surface area (Å²) in [6.45, 7) is 8.61. The van der Waals surface area contributed by atoms with E-state index >= 15 is 0 Å². The van der Waals surface area contributed by atoms with Crippen LogP contribution in [0, 0.1) is 0 Å². The third-order valence-corrected chi connectivity index (χ3v) is 3.88. The molecule has 6 nitrogen and oxygen atoms in total. The van der Waals surface area contributed by atoms with E-state index in [4.69, 9.17) is 14.6 Å². The number of carbonyl (C=O) groups is 1. The summed E-state index contributed by atoms with van der Waals surface area (Å²) >= 11 is 0. The molecule has 3 N–H and O–H groups in total. The zero-order chi connectivity index (χ0) is 20.6. The van der Waals surface area contributed by atoms with Crippen molar-refractivity contribution in [3.05, 3.63) is 48.5 Å². The van der Waals surface area contributed by atoms with Crippen LogP contribution in [0.2, 0.25) is 0 Å². The molecular formula is C22H30N2O4. The predicted molar refractivity (Wildman–Crippen MR) is 113 cm³/mol. The third kappa shape index (κ3) is 7.02. The van der Waals surface area contributed by atoms with Gasteiger partial charge in [0.05, 0.1) is 17.8 Å². The third-order valence-electron chi connectivity index (χ3n) is 3.88. The Labute approximate surface area is 166 Å². The van der Waals surface area contributed by atoms with Gasteiger partial charge in [0.2, 0.25) is 0 Å². The molecule has 0 aliphatic carbocycles. The highest BCUT2D eigenvalue weighted by atomic mass is 16.5. The second-order valence-corrected chi connectivity index (χ2v) is 7.57. The van der Waals surface area contributed by atoms with Crippen molar-refractivity contribution in [3.8, 4) is 11.5 Å². The van der Waals surface area contributed by atoms with Crippen molar-refractivity contribution in [3.63, 3.8) is 0 Å². The van der Waals surface area contributed by atoms with Gasteiger partial charge in [0.1, 0.15) is 24.7 Å². The van der Waals surface area contributed by atoms with Gasteiger partial charge >= 0.3 is 5.97 Å². The van der Waals surface area contributed by atoms with Crippen LogP contribution < -0.4 is 20.1 Å². The minimum Gasteiger partial charge on any atom is -0.488 e. The number of benzene rings is 2. The van der Waals surface area contributed by atoms with Gasteiger partial charge in [-0.3, -0.25) is 4.79 Å².